The van der Waals surface area contributed by atoms with Crippen molar-refractivity contribution in [2.24, 2.45) is 11.8 Å². The van der Waals surface area contributed by atoms with Crippen LogP contribution in [-0.4, -0.2) is 51.5 Å². The second-order valence-electron chi connectivity index (χ2n) is 7.89. The molecule has 0 spiro atoms. The summed E-state index contributed by atoms with van der Waals surface area (Å²) in [6.45, 7) is 6.60. The summed E-state index contributed by atoms with van der Waals surface area (Å²) >= 11 is 0. The molecule has 1 rings (SSSR count). The van der Waals surface area contributed by atoms with Crippen molar-refractivity contribution in [1.82, 2.24) is 4.90 Å². The fourth-order valence-electron chi connectivity index (χ4n) is 2.98. The monoisotopic (exact) mass is 363 g/mol. The molecule has 1 aliphatic rings. The van der Waals surface area contributed by atoms with Crippen LogP contribution in [0.4, 0.5) is 4.79 Å². The van der Waals surface area contributed by atoms with Gasteiger partial charge in [0.1, 0.15) is 5.60 Å². The molecule has 7 heteroatoms. The van der Waals surface area contributed by atoms with Crippen LogP contribution in [0.3, 0.4) is 0 Å². The van der Waals surface area contributed by atoms with Gasteiger partial charge < -0.3 is 9.64 Å². The average Bonchev–Trinajstić information content (AvgIpc) is 2.43. The van der Waals surface area contributed by atoms with Crippen molar-refractivity contribution < 1.29 is 22.1 Å². The van der Waals surface area contributed by atoms with Crippen LogP contribution in [0.5, 0.6) is 0 Å². The molecule has 0 aromatic heterocycles. The zero-order chi connectivity index (χ0) is 18.4. The minimum Gasteiger partial charge on any atom is -0.444 e. The lowest BCUT2D eigenvalue weighted by Gasteiger charge is -2.30. The summed E-state index contributed by atoms with van der Waals surface area (Å²) in [5.74, 6) is 1.17. The molecule has 1 aliphatic carbocycles. The molecule has 0 atom stereocenters. The van der Waals surface area contributed by atoms with Gasteiger partial charge in [-0.15, -0.1) is 0 Å². The number of ether oxygens (including phenoxy) is 1. The fraction of sp³-hybridized carbons (Fsp3) is 0.941. The van der Waals surface area contributed by atoms with Gasteiger partial charge >= 0.3 is 6.09 Å². The number of hydrogen-bond donors (Lipinski definition) is 0. The third-order valence-electron chi connectivity index (χ3n) is 4.37. The van der Waals surface area contributed by atoms with Gasteiger partial charge in [0.15, 0.2) is 0 Å². The molecular weight excluding hydrogens is 330 g/mol. The van der Waals surface area contributed by atoms with E-state index in [1.165, 1.54) is 0 Å². The zero-order valence-electron chi connectivity index (χ0n) is 15.7. The Labute approximate surface area is 147 Å². The Morgan fingerprint density at radius 1 is 1.08 bits per heavy atom. The Hall–Kier alpha value is -0.820. The van der Waals surface area contributed by atoms with Gasteiger partial charge in [0.25, 0.3) is 10.1 Å². The smallest absolute Gasteiger partial charge is 0.410 e. The van der Waals surface area contributed by atoms with Crippen molar-refractivity contribution in [1.29, 1.82) is 0 Å². The lowest BCUT2D eigenvalue weighted by Crippen LogP contribution is -2.35. The number of nitrogens with zero attached hydrogens (tertiary/aromatic N) is 1. The molecule has 0 bridgehead atoms. The Balaban J connectivity index is 2.20. The van der Waals surface area contributed by atoms with Gasteiger partial charge in [-0.1, -0.05) is 25.7 Å². The molecule has 1 amide bonds. The van der Waals surface area contributed by atoms with Crippen LogP contribution < -0.4 is 0 Å². The van der Waals surface area contributed by atoms with E-state index >= 15 is 0 Å². The first kappa shape index (κ1) is 21.2. The Bertz CT molecular complexity index is 490. The first-order chi connectivity index (χ1) is 11.0. The minimum absolute atomic E-state index is 0.269. The van der Waals surface area contributed by atoms with Crippen molar-refractivity contribution in [2.75, 3.05) is 26.5 Å². The maximum Gasteiger partial charge on any atom is 0.410 e. The molecule has 0 saturated heterocycles. The van der Waals surface area contributed by atoms with E-state index in [2.05, 4.69) is 0 Å². The van der Waals surface area contributed by atoms with Crippen molar-refractivity contribution >= 4 is 16.2 Å². The van der Waals surface area contributed by atoms with Crippen molar-refractivity contribution in [3.63, 3.8) is 0 Å². The molecule has 6 nitrogen and oxygen atoms in total. The van der Waals surface area contributed by atoms with Crippen LogP contribution in [0, 0.1) is 11.8 Å². The lowest BCUT2D eigenvalue weighted by atomic mass is 9.79. The quantitative estimate of drug-likeness (QED) is 0.648. The topological polar surface area (TPSA) is 72.9 Å². The summed E-state index contributed by atoms with van der Waals surface area (Å²) in [4.78, 5) is 13.6. The molecule has 0 unspecified atom stereocenters. The van der Waals surface area contributed by atoms with Crippen LogP contribution in [-0.2, 0) is 19.0 Å². The molecule has 142 valence electrons. The van der Waals surface area contributed by atoms with E-state index in [9.17, 15) is 13.2 Å². The van der Waals surface area contributed by atoms with Crippen LogP contribution >= 0.6 is 0 Å². The fourth-order valence-corrected chi connectivity index (χ4v) is 3.38. The second-order valence-corrected chi connectivity index (χ2v) is 9.54. The number of carbonyl (C=O) groups is 1. The second kappa shape index (κ2) is 9.04. The number of carbonyl (C=O) groups excluding carboxylic acids is 1. The van der Waals surface area contributed by atoms with E-state index < -0.39 is 15.7 Å². The third-order valence-corrected chi connectivity index (χ3v) is 4.96. The number of hydrogen-bond acceptors (Lipinski definition) is 5. The van der Waals surface area contributed by atoms with Crippen molar-refractivity contribution in [2.45, 2.75) is 64.9 Å². The summed E-state index contributed by atoms with van der Waals surface area (Å²) in [6.07, 6.45) is 7.08. The van der Waals surface area contributed by atoms with Crippen LogP contribution in [0.2, 0.25) is 0 Å². The van der Waals surface area contributed by atoms with Gasteiger partial charge in [0.2, 0.25) is 0 Å². The summed E-state index contributed by atoms with van der Waals surface area (Å²) in [5.41, 5.74) is -0.461. The molecule has 0 aliphatic heterocycles. The van der Waals surface area contributed by atoms with E-state index in [1.54, 1.807) is 11.9 Å². The number of amides is 1. The first-order valence-electron chi connectivity index (χ1n) is 8.75. The molecule has 0 N–H and O–H groups in total. The maximum absolute atomic E-state index is 11.9. The van der Waals surface area contributed by atoms with Crippen LogP contribution in [0.25, 0.3) is 0 Å². The molecule has 0 aromatic rings. The molecule has 0 heterocycles. The third kappa shape index (κ3) is 9.47. The first-order valence-corrected chi connectivity index (χ1v) is 10.6. The maximum atomic E-state index is 11.9. The van der Waals surface area contributed by atoms with Crippen LogP contribution in [0.15, 0.2) is 0 Å². The van der Waals surface area contributed by atoms with Gasteiger partial charge in [0, 0.05) is 13.6 Å². The van der Waals surface area contributed by atoms with Gasteiger partial charge in [0.05, 0.1) is 12.9 Å². The standard InChI is InChI=1S/C17H33NO5S/c1-17(2,3)23-16(19)18(4)12-10-14-6-8-15(9-7-14)11-13-22-24(5,20)21/h14-15H,6-13H2,1-5H3. The highest BCUT2D eigenvalue weighted by Gasteiger charge is 2.24. The van der Waals surface area contributed by atoms with Gasteiger partial charge in [-0.3, -0.25) is 4.18 Å². The van der Waals surface area contributed by atoms with Gasteiger partial charge in [-0.2, -0.15) is 8.42 Å². The van der Waals surface area contributed by atoms with Crippen LogP contribution in [0.1, 0.15) is 59.3 Å². The molecule has 1 saturated carbocycles. The molecular formula is C17H33NO5S. The molecule has 24 heavy (non-hydrogen) atoms. The highest BCUT2D eigenvalue weighted by Crippen LogP contribution is 2.32. The van der Waals surface area contributed by atoms with Crippen molar-refractivity contribution in [3.05, 3.63) is 0 Å². The summed E-state index contributed by atoms with van der Waals surface area (Å²) in [5, 5.41) is 0. The summed E-state index contributed by atoms with van der Waals surface area (Å²) in [6, 6.07) is 0. The number of rotatable bonds is 7. The van der Waals surface area contributed by atoms with Gasteiger partial charge in [-0.05, 0) is 45.4 Å². The minimum atomic E-state index is -3.32. The largest absolute Gasteiger partial charge is 0.444 e. The molecule has 0 aromatic carbocycles. The molecule has 0 radical (unpaired) electrons. The van der Waals surface area contributed by atoms with Crippen molar-refractivity contribution in [3.8, 4) is 0 Å². The zero-order valence-corrected chi connectivity index (χ0v) is 16.5. The Morgan fingerprint density at radius 3 is 2.04 bits per heavy atom. The van der Waals surface area contributed by atoms with Gasteiger partial charge in [-0.25, -0.2) is 4.79 Å². The highest BCUT2D eigenvalue weighted by molar-refractivity contribution is 7.85. The predicted molar refractivity (Wildman–Crippen MR) is 94.3 cm³/mol. The SMILES string of the molecule is CN(CCC1CCC(CCOS(C)(=O)=O)CC1)C(=O)OC(C)(C)C. The molecule has 1 fully saturated rings. The Kier molecular flexibility index (Phi) is 7.99. The average molecular weight is 364 g/mol. The lowest BCUT2D eigenvalue weighted by molar-refractivity contribution is 0.0285. The normalized spacial score (nSPS) is 22.2. The summed E-state index contributed by atoms with van der Waals surface area (Å²) in [7, 11) is -1.54. The van der Waals surface area contributed by atoms with E-state index in [0.29, 0.717) is 18.4 Å². The Morgan fingerprint density at radius 2 is 1.58 bits per heavy atom. The van der Waals surface area contributed by atoms with E-state index in [0.717, 1.165) is 44.8 Å². The highest BCUT2D eigenvalue weighted by atomic mass is 32.2. The predicted octanol–water partition coefficient (Wildman–Crippen LogP) is 3.42. The van der Waals surface area contributed by atoms with E-state index in [1.807, 2.05) is 20.8 Å². The summed E-state index contributed by atoms with van der Waals surface area (Å²) < 4.78 is 32.1. The van der Waals surface area contributed by atoms with E-state index in [4.69, 9.17) is 8.92 Å². The van der Waals surface area contributed by atoms with E-state index in [-0.39, 0.29) is 12.7 Å².